The predicted molar refractivity (Wildman–Crippen MR) is 27.2 cm³/mol. The van der Waals surface area contributed by atoms with Crippen LogP contribution in [0.1, 0.15) is 6.42 Å². The molecule has 1 unspecified atom stereocenters. The maximum Gasteiger partial charge on any atom is 0.112 e. The van der Waals surface area contributed by atoms with Crippen molar-refractivity contribution in [1.82, 2.24) is 0 Å². The molecule has 0 radical (unpaired) electrons. The molecule has 0 saturated carbocycles. The molecule has 4 heteroatoms. The maximum atomic E-state index is 5.42. The van der Waals surface area contributed by atoms with Gasteiger partial charge in [-0.3, -0.25) is 0 Å². The Hall–Kier alpha value is 0.170. The largest absolute Gasteiger partial charge is 0.206 e. The minimum absolute atomic E-state index is 0.00502. The summed E-state index contributed by atoms with van der Waals surface area (Å²) in [5.74, 6) is 0.462. The van der Waals surface area contributed by atoms with E-state index in [1.54, 1.807) is 0 Å². The Balaban J connectivity index is 2.13. The molecule has 0 aromatic rings. The summed E-state index contributed by atoms with van der Waals surface area (Å²) < 4.78 is 0. The standard InChI is InChI=1S/C4H7ClO3/c5-3-4-1-2-6-8-7-4/h4H,1-3H2. The summed E-state index contributed by atoms with van der Waals surface area (Å²) in [5, 5.41) is 4.19. The number of hydrogen-bond donors (Lipinski definition) is 0. The predicted octanol–water partition coefficient (Wildman–Crippen LogP) is 0.877. The summed E-state index contributed by atoms with van der Waals surface area (Å²) in [4.78, 5) is 8.99. The summed E-state index contributed by atoms with van der Waals surface area (Å²) in [7, 11) is 0. The summed E-state index contributed by atoms with van der Waals surface area (Å²) in [6.07, 6.45) is 0.814. The quantitative estimate of drug-likeness (QED) is 0.398. The van der Waals surface area contributed by atoms with Gasteiger partial charge in [0, 0.05) is 6.42 Å². The molecule has 0 spiro atoms. The van der Waals surface area contributed by atoms with Crippen LogP contribution >= 0.6 is 11.6 Å². The van der Waals surface area contributed by atoms with Crippen molar-refractivity contribution in [1.29, 1.82) is 0 Å². The lowest BCUT2D eigenvalue weighted by Gasteiger charge is -2.16. The maximum absolute atomic E-state index is 5.42. The van der Waals surface area contributed by atoms with Gasteiger partial charge in [0.05, 0.1) is 12.5 Å². The first kappa shape index (κ1) is 6.29. The van der Waals surface area contributed by atoms with Crippen molar-refractivity contribution in [3.8, 4) is 0 Å². The average molecular weight is 139 g/mol. The molecule has 0 N–H and O–H groups in total. The number of alkyl halides is 1. The molecule has 0 amide bonds. The lowest BCUT2D eigenvalue weighted by atomic mass is 10.3. The van der Waals surface area contributed by atoms with Crippen molar-refractivity contribution in [3.63, 3.8) is 0 Å². The first-order valence-corrected chi connectivity index (χ1v) is 2.98. The van der Waals surface area contributed by atoms with Crippen LogP contribution in [-0.2, 0) is 14.8 Å². The normalized spacial score (nSPS) is 30.4. The van der Waals surface area contributed by atoms with Crippen LogP contribution in [0.15, 0.2) is 0 Å². The highest BCUT2D eigenvalue weighted by Crippen LogP contribution is 2.07. The topological polar surface area (TPSA) is 27.7 Å². The van der Waals surface area contributed by atoms with Crippen LogP contribution in [-0.4, -0.2) is 18.6 Å². The Bertz CT molecular complexity index is 62.3. The number of hydrogen-bond acceptors (Lipinski definition) is 3. The van der Waals surface area contributed by atoms with E-state index in [1.165, 1.54) is 0 Å². The minimum Gasteiger partial charge on any atom is -0.206 e. The van der Waals surface area contributed by atoms with E-state index in [2.05, 4.69) is 14.8 Å². The van der Waals surface area contributed by atoms with Gasteiger partial charge in [-0.15, -0.1) is 11.6 Å². The molecule has 8 heavy (non-hydrogen) atoms. The SMILES string of the molecule is ClCC1CCOOO1. The molecule has 1 aliphatic heterocycles. The van der Waals surface area contributed by atoms with Gasteiger partial charge < -0.3 is 0 Å². The lowest BCUT2D eigenvalue weighted by Crippen LogP contribution is -2.23. The number of rotatable bonds is 1. The fraction of sp³-hybridized carbons (Fsp3) is 1.00. The second kappa shape index (κ2) is 3.25. The van der Waals surface area contributed by atoms with Crippen molar-refractivity contribution >= 4 is 11.6 Å². The molecule has 1 heterocycles. The van der Waals surface area contributed by atoms with E-state index in [9.17, 15) is 0 Å². The first-order valence-electron chi connectivity index (χ1n) is 2.44. The summed E-state index contributed by atoms with van der Waals surface area (Å²) in [5.41, 5.74) is 0. The van der Waals surface area contributed by atoms with E-state index in [4.69, 9.17) is 11.6 Å². The second-order valence-corrected chi connectivity index (χ2v) is 1.86. The van der Waals surface area contributed by atoms with Crippen molar-refractivity contribution in [2.24, 2.45) is 0 Å². The van der Waals surface area contributed by atoms with Gasteiger partial charge in [0.25, 0.3) is 0 Å². The highest BCUT2D eigenvalue weighted by Gasteiger charge is 2.13. The highest BCUT2D eigenvalue weighted by atomic mass is 35.5. The van der Waals surface area contributed by atoms with Crippen LogP contribution in [0.4, 0.5) is 0 Å². The zero-order chi connectivity index (χ0) is 5.82. The zero-order valence-electron chi connectivity index (χ0n) is 4.30. The van der Waals surface area contributed by atoms with Crippen LogP contribution < -0.4 is 0 Å². The van der Waals surface area contributed by atoms with Crippen molar-refractivity contribution in [2.75, 3.05) is 12.5 Å². The van der Waals surface area contributed by atoms with Gasteiger partial charge >= 0.3 is 0 Å². The fourth-order valence-electron chi connectivity index (χ4n) is 0.448. The smallest absolute Gasteiger partial charge is 0.112 e. The highest BCUT2D eigenvalue weighted by molar-refractivity contribution is 6.18. The molecule has 1 fully saturated rings. The molecular formula is C4H7ClO3. The van der Waals surface area contributed by atoms with Gasteiger partial charge in [-0.05, 0) is 0 Å². The summed E-state index contributed by atoms with van der Waals surface area (Å²) >= 11 is 5.42. The monoisotopic (exact) mass is 138 g/mol. The zero-order valence-corrected chi connectivity index (χ0v) is 5.06. The van der Waals surface area contributed by atoms with Crippen LogP contribution in [0.5, 0.6) is 0 Å². The molecule has 48 valence electrons. The second-order valence-electron chi connectivity index (χ2n) is 1.55. The van der Waals surface area contributed by atoms with Gasteiger partial charge in [-0.25, -0.2) is 9.78 Å². The molecule has 0 bridgehead atoms. The molecule has 3 nitrogen and oxygen atoms in total. The molecule has 0 aliphatic carbocycles. The van der Waals surface area contributed by atoms with Gasteiger partial charge in [0.15, 0.2) is 0 Å². The van der Waals surface area contributed by atoms with Crippen molar-refractivity contribution in [2.45, 2.75) is 12.5 Å². The first-order chi connectivity index (χ1) is 3.93. The Morgan fingerprint density at radius 2 is 2.50 bits per heavy atom. The van der Waals surface area contributed by atoms with Crippen molar-refractivity contribution in [3.05, 3.63) is 0 Å². The molecule has 1 rings (SSSR count). The van der Waals surface area contributed by atoms with E-state index in [-0.39, 0.29) is 6.10 Å². The lowest BCUT2D eigenvalue weighted by molar-refractivity contribution is -0.546. The Kier molecular flexibility index (Phi) is 2.55. The third-order valence-corrected chi connectivity index (χ3v) is 1.26. The third kappa shape index (κ3) is 1.59. The fourth-order valence-corrected chi connectivity index (χ4v) is 0.654. The number of halogens is 1. The Labute approximate surface area is 52.3 Å². The molecule has 1 aliphatic rings. The van der Waals surface area contributed by atoms with Crippen LogP contribution in [0, 0.1) is 0 Å². The van der Waals surface area contributed by atoms with E-state index >= 15 is 0 Å². The summed E-state index contributed by atoms with van der Waals surface area (Å²) in [6, 6.07) is 0. The van der Waals surface area contributed by atoms with Crippen LogP contribution in [0.25, 0.3) is 0 Å². The third-order valence-electron chi connectivity index (χ3n) is 0.919. The van der Waals surface area contributed by atoms with Gasteiger partial charge in [0.2, 0.25) is 0 Å². The molecule has 0 aromatic carbocycles. The van der Waals surface area contributed by atoms with Gasteiger partial charge in [-0.2, -0.15) is 0 Å². The van der Waals surface area contributed by atoms with E-state index in [0.717, 1.165) is 6.42 Å². The van der Waals surface area contributed by atoms with E-state index in [0.29, 0.717) is 12.5 Å². The summed E-state index contributed by atoms with van der Waals surface area (Å²) in [6.45, 7) is 0.567. The van der Waals surface area contributed by atoms with Crippen LogP contribution in [0.3, 0.4) is 0 Å². The van der Waals surface area contributed by atoms with Gasteiger partial charge in [0.1, 0.15) is 6.10 Å². The van der Waals surface area contributed by atoms with E-state index in [1.807, 2.05) is 0 Å². The Morgan fingerprint density at radius 3 is 2.88 bits per heavy atom. The molecule has 1 atom stereocenters. The molecule has 0 aromatic heterocycles. The minimum atomic E-state index is 0.00502. The van der Waals surface area contributed by atoms with Crippen molar-refractivity contribution < 1.29 is 14.8 Å². The average Bonchev–Trinajstić information content (AvgIpc) is 1.90. The van der Waals surface area contributed by atoms with E-state index < -0.39 is 0 Å². The molecule has 1 saturated heterocycles. The molecular weight excluding hydrogens is 131 g/mol. The van der Waals surface area contributed by atoms with Crippen LogP contribution in [0.2, 0.25) is 0 Å². The Morgan fingerprint density at radius 1 is 1.62 bits per heavy atom. The van der Waals surface area contributed by atoms with Gasteiger partial charge in [-0.1, -0.05) is 5.04 Å².